The third-order valence-electron chi connectivity index (χ3n) is 1.76. The van der Waals surface area contributed by atoms with Crippen molar-refractivity contribution >= 4 is 5.91 Å². The highest BCUT2D eigenvalue weighted by atomic mass is 16.5. The van der Waals surface area contributed by atoms with Crippen LogP contribution in [0, 0.1) is 0 Å². The lowest BCUT2D eigenvalue weighted by molar-refractivity contribution is -0.120. The van der Waals surface area contributed by atoms with E-state index < -0.39 is 0 Å². The number of H-pyrrole nitrogens is 1. The van der Waals surface area contributed by atoms with Crippen LogP contribution in [0.5, 0.6) is 0 Å². The zero-order valence-corrected chi connectivity index (χ0v) is 8.25. The number of carbonyl (C=O) groups is 1. The minimum Gasteiger partial charge on any atom is -0.385 e. The van der Waals surface area contributed by atoms with Crippen LogP contribution in [0.25, 0.3) is 0 Å². The van der Waals surface area contributed by atoms with E-state index in [1.54, 1.807) is 19.4 Å². The number of aromatic nitrogens is 2. The fourth-order valence-electron chi connectivity index (χ4n) is 1.06. The summed E-state index contributed by atoms with van der Waals surface area (Å²) in [4.78, 5) is 11.3. The maximum Gasteiger partial charge on any atom is 0.225 e. The normalized spacial score (nSPS) is 10.1. The number of methoxy groups -OCH3 is 1. The molecular weight excluding hydrogens is 182 g/mol. The first-order valence-corrected chi connectivity index (χ1v) is 4.57. The SMILES string of the molecule is COCCCNC(=O)Cc1ccn[nH]1. The summed E-state index contributed by atoms with van der Waals surface area (Å²) in [5.74, 6) is 0.00496. The molecule has 2 N–H and O–H groups in total. The fraction of sp³-hybridized carbons (Fsp3) is 0.556. The summed E-state index contributed by atoms with van der Waals surface area (Å²) in [6.45, 7) is 1.32. The Morgan fingerprint density at radius 1 is 1.71 bits per heavy atom. The number of ether oxygens (including phenoxy) is 1. The van der Waals surface area contributed by atoms with Gasteiger partial charge >= 0.3 is 0 Å². The lowest BCUT2D eigenvalue weighted by Crippen LogP contribution is -2.26. The van der Waals surface area contributed by atoms with Crippen LogP contribution in [0.2, 0.25) is 0 Å². The number of nitrogens with zero attached hydrogens (tertiary/aromatic N) is 1. The average Bonchev–Trinajstić information content (AvgIpc) is 2.65. The summed E-state index contributed by atoms with van der Waals surface area (Å²) >= 11 is 0. The van der Waals surface area contributed by atoms with Crippen molar-refractivity contribution in [1.29, 1.82) is 0 Å². The van der Waals surface area contributed by atoms with Crippen molar-refractivity contribution in [3.63, 3.8) is 0 Å². The zero-order chi connectivity index (χ0) is 10.2. The number of hydrogen-bond acceptors (Lipinski definition) is 3. The van der Waals surface area contributed by atoms with Gasteiger partial charge in [-0.15, -0.1) is 0 Å². The molecule has 0 saturated heterocycles. The molecule has 78 valence electrons. The summed E-state index contributed by atoms with van der Waals surface area (Å²) in [6, 6.07) is 1.79. The van der Waals surface area contributed by atoms with E-state index in [2.05, 4.69) is 15.5 Å². The van der Waals surface area contributed by atoms with Gasteiger partial charge in [0.25, 0.3) is 0 Å². The molecule has 0 aliphatic heterocycles. The highest BCUT2D eigenvalue weighted by molar-refractivity contribution is 5.77. The molecule has 1 rings (SSSR count). The van der Waals surface area contributed by atoms with Crippen molar-refractivity contribution in [3.8, 4) is 0 Å². The van der Waals surface area contributed by atoms with E-state index in [-0.39, 0.29) is 5.91 Å². The number of aromatic amines is 1. The van der Waals surface area contributed by atoms with Gasteiger partial charge in [0.2, 0.25) is 5.91 Å². The number of carbonyl (C=O) groups excluding carboxylic acids is 1. The lowest BCUT2D eigenvalue weighted by Gasteiger charge is -2.02. The second-order valence-corrected chi connectivity index (χ2v) is 2.95. The second-order valence-electron chi connectivity index (χ2n) is 2.95. The molecule has 0 unspecified atom stereocenters. The van der Waals surface area contributed by atoms with Crippen LogP contribution in [0.15, 0.2) is 12.3 Å². The molecule has 1 aromatic rings. The Hall–Kier alpha value is -1.36. The highest BCUT2D eigenvalue weighted by Crippen LogP contribution is 1.92. The Labute approximate surface area is 82.8 Å². The molecule has 0 bridgehead atoms. The van der Waals surface area contributed by atoms with Gasteiger partial charge in [0, 0.05) is 32.2 Å². The van der Waals surface area contributed by atoms with Crippen LogP contribution in [0.3, 0.4) is 0 Å². The van der Waals surface area contributed by atoms with Crippen molar-refractivity contribution in [1.82, 2.24) is 15.5 Å². The Kier molecular flexibility index (Phi) is 4.71. The Morgan fingerprint density at radius 2 is 2.57 bits per heavy atom. The van der Waals surface area contributed by atoms with Gasteiger partial charge in [-0.05, 0) is 12.5 Å². The predicted molar refractivity (Wildman–Crippen MR) is 51.8 cm³/mol. The highest BCUT2D eigenvalue weighted by Gasteiger charge is 2.02. The maximum absolute atomic E-state index is 11.3. The van der Waals surface area contributed by atoms with E-state index in [0.29, 0.717) is 19.6 Å². The first-order valence-electron chi connectivity index (χ1n) is 4.57. The number of hydrogen-bond donors (Lipinski definition) is 2. The van der Waals surface area contributed by atoms with E-state index in [1.807, 2.05) is 0 Å². The molecule has 1 amide bonds. The molecular formula is C9H15N3O2. The molecule has 14 heavy (non-hydrogen) atoms. The first-order chi connectivity index (χ1) is 6.83. The summed E-state index contributed by atoms with van der Waals surface area (Å²) in [7, 11) is 1.65. The maximum atomic E-state index is 11.3. The minimum atomic E-state index is 0.00496. The molecule has 5 nitrogen and oxygen atoms in total. The number of amides is 1. The molecule has 0 aliphatic carbocycles. The van der Waals surface area contributed by atoms with Gasteiger partial charge < -0.3 is 10.1 Å². The Morgan fingerprint density at radius 3 is 3.21 bits per heavy atom. The standard InChI is InChI=1S/C9H15N3O2/c1-14-6-2-4-10-9(13)7-8-3-5-11-12-8/h3,5H,2,4,6-7H2,1H3,(H,10,13)(H,11,12). The molecule has 0 radical (unpaired) electrons. The molecule has 1 heterocycles. The molecule has 0 atom stereocenters. The van der Waals surface area contributed by atoms with Crippen molar-refractivity contribution < 1.29 is 9.53 Å². The van der Waals surface area contributed by atoms with Gasteiger partial charge in [-0.2, -0.15) is 5.10 Å². The van der Waals surface area contributed by atoms with Gasteiger partial charge in [0.1, 0.15) is 0 Å². The lowest BCUT2D eigenvalue weighted by atomic mass is 10.3. The minimum absolute atomic E-state index is 0.00496. The summed E-state index contributed by atoms with van der Waals surface area (Å²) in [6.07, 6.45) is 2.83. The molecule has 0 fully saturated rings. The van der Waals surface area contributed by atoms with Crippen LogP contribution in [-0.2, 0) is 16.0 Å². The number of rotatable bonds is 6. The Bertz CT molecular complexity index is 259. The average molecular weight is 197 g/mol. The molecule has 1 aromatic heterocycles. The van der Waals surface area contributed by atoms with Crippen LogP contribution in [-0.4, -0.2) is 36.4 Å². The Balaban J connectivity index is 2.11. The van der Waals surface area contributed by atoms with Crippen LogP contribution in [0.4, 0.5) is 0 Å². The summed E-state index contributed by atoms with van der Waals surface area (Å²) in [5.41, 5.74) is 0.828. The van der Waals surface area contributed by atoms with Crippen LogP contribution < -0.4 is 5.32 Å². The molecule has 0 aromatic carbocycles. The molecule has 0 saturated carbocycles. The van der Waals surface area contributed by atoms with E-state index >= 15 is 0 Å². The topological polar surface area (TPSA) is 67.0 Å². The van der Waals surface area contributed by atoms with Gasteiger partial charge in [0.15, 0.2) is 0 Å². The first kappa shape index (κ1) is 10.7. The summed E-state index contributed by atoms with van der Waals surface area (Å²) in [5, 5.41) is 9.28. The van der Waals surface area contributed by atoms with Crippen molar-refractivity contribution in [2.75, 3.05) is 20.3 Å². The smallest absolute Gasteiger partial charge is 0.225 e. The van der Waals surface area contributed by atoms with Gasteiger partial charge in [-0.25, -0.2) is 0 Å². The molecule has 0 aliphatic rings. The van der Waals surface area contributed by atoms with E-state index in [9.17, 15) is 4.79 Å². The van der Waals surface area contributed by atoms with Crippen molar-refractivity contribution in [2.45, 2.75) is 12.8 Å². The van der Waals surface area contributed by atoms with E-state index in [4.69, 9.17) is 4.74 Å². The fourth-order valence-corrected chi connectivity index (χ4v) is 1.06. The van der Waals surface area contributed by atoms with E-state index in [1.165, 1.54) is 0 Å². The number of nitrogens with one attached hydrogen (secondary N) is 2. The monoisotopic (exact) mass is 197 g/mol. The quantitative estimate of drug-likeness (QED) is 0.636. The zero-order valence-electron chi connectivity index (χ0n) is 8.25. The van der Waals surface area contributed by atoms with Gasteiger partial charge in [-0.3, -0.25) is 9.89 Å². The predicted octanol–water partition coefficient (Wildman–Crippen LogP) is 0.105. The molecule has 0 spiro atoms. The molecule has 5 heteroatoms. The third-order valence-corrected chi connectivity index (χ3v) is 1.76. The van der Waals surface area contributed by atoms with Crippen molar-refractivity contribution in [3.05, 3.63) is 18.0 Å². The van der Waals surface area contributed by atoms with E-state index in [0.717, 1.165) is 12.1 Å². The van der Waals surface area contributed by atoms with Gasteiger partial charge in [-0.1, -0.05) is 0 Å². The second kappa shape index (κ2) is 6.15. The van der Waals surface area contributed by atoms with Crippen LogP contribution >= 0.6 is 0 Å². The largest absolute Gasteiger partial charge is 0.385 e. The van der Waals surface area contributed by atoms with Gasteiger partial charge in [0.05, 0.1) is 6.42 Å². The third kappa shape index (κ3) is 4.04. The van der Waals surface area contributed by atoms with Crippen LogP contribution in [0.1, 0.15) is 12.1 Å². The van der Waals surface area contributed by atoms with Crippen molar-refractivity contribution in [2.24, 2.45) is 0 Å². The summed E-state index contributed by atoms with van der Waals surface area (Å²) < 4.78 is 4.86.